The maximum atomic E-state index is 2.57. The molecule has 0 atom stereocenters. The second-order valence-corrected chi connectivity index (χ2v) is 4.49. The van der Waals surface area contributed by atoms with Gasteiger partial charge >= 0.3 is 0 Å². The van der Waals surface area contributed by atoms with Crippen LogP contribution >= 0.6 is 0 Å². The molecule has 0 saturated heterocycles. The lowest BCUT2D eigenvalue weighted by atomic mass is 10.4. The van der Waals surface area contributed by atoms with Crippen molar-refractivity contribution in [2.75, 3.05) is 58.9 Å². The minimum absolute atomic E-state index is 1.17. The van der Waals surface area contributed by atoms with Gasteiger partial charge in [0.1, 0.15) is 0 Å². The van der Waals surface area contributed by atoms with Crippen LogP contribution in [0.5, 0.6) is 0 Å². The topological polar surface area (TPSA) is 9.72 Å². The third-order valence-corrected chi connectivity index (χ3v) is 3.70. The second kappa shape index (κ2) is 11.0. The third-order valence-electron chi connectivity index (χ3n) is 3.70. The van der Waals surface area contributed by atoms with E-state index in [2.05, 4.69) is 49.3 Å². The molecule has 0 rings (SSSR count). The lowest BCUT2D eigenvalue weighted by Crippen LogP contribution is -2.39. The monoisotopic (exact) mass is 243 g/mol. The summed E-state index contributed by atoms with van der Waals surface area (Å²) in [5.74, 6) is 0. The lowest BCUT2D eigenvalue weighted by Gasteiger charge is -2.27. The van der Waals surface area contributed by atoms with Gasteiger partial charge in [0.2, 0.25) is 0 Å². The molecule has 104 valence electrons. The lowest BCUT2D eigenvalue weighted by molar-refractivity contribution is 0.191. The van der Waals surface area contributed by atoms with Crippen molar-refractivity contribution in [1.82, 2.24) is 14.7 Å². The van der Waals surface area contributed by atoms with E-state index in [0.29, 0.717) is 0 Å². The molecule has 0 aliphatic heterocycles. The molecular formula is C14H33N3. The first-order valence-corrected chi connectivity index (χ1v) is 7.38. The highest BCUT2D eigenvalue weighted by Gasteiger charge is 2.07. The number of nitrogens with zero attached hydrogens (tertiary/aromatic N) is 3. The average Bonchev–Trinajstić information content (AvgIpc) is 2.38. The molecule has 0 amide bonds. The van der Waals surface area contributed by atoms with Crippen LogP contribution in [0.3, 0.4) is 0 Å². The molecule has 0 saturated carbocycles. The highest BCUT2D eigenvalue weighted by molar-refractivity contribution is 4.63. The van der Waals surface area contributed by atoms with Crippen molar-refractivity contribution in [2.45, 2.75) is 34.6 Å². The summed E-state index contributed by atoms with van der Waals surface area (Å²) >= 11 is 0. The molecule has 0 heterocycles. The molecule has 0 aromatic carbocycles. The van der Waals surface area contributed by atoms with Gasteiger partial charge in [0.15, 0.2) is 0 Å². The van der Waals surface area contributed by atoms with Gasteiger partial charge < -0.3 is 14.7 Å². The van der Waals surface area contributed by atoms with E-state index in [9.17, 15) is 0 Å². The van der Waals surface area contributed by atoms with Gasteiger partial charge in [-0.1, -0.05) is 34.6 Å². The maximum absolute atomic E-state index is 2.57. The highest BCUT2D eigenvalue weighted by Crippen LogP contribution is 1.94. The largest absolute Gasteiger partial charge is 0.303 e. The van der Waals surface area contributed by atoms with Crippen LogP contribution in [0.1, 0.15) is 34.6 Å². The zero-order valence-corrected chi connectivity index (χ0v) is 12.7. The first-order chi connectivity index (χ1) is 8.21. The molecule has 3 heteroatoms. The van der Waals surface area contributed by atoms with Crippen LogP contribution in [0.15, 0.2) is 0 Å². The van der Waals surface area contributed by atoms with Crippen LogP contribution in [-0.2, 0) is 0 Å². The fourth-order valence-corrected chi connectivity index (χ4v) is 2.07. The van der Waals surface area contributed by atoms with Crippen LogP contribution in [-0.4, -0.2) is 73.6 Å². The zero-order chi connectivity index (χ0) is 13.1. The molecule has 0 aromatic rings. The van der Waals surface area contributed by atoms with Crippen molar-refractivity contribution < 1.29 is 0 Å². The van der Waals surface area contributed by atoms with Crippen LogP contribution in [0.25, 0.3) is 0 Å². The Morgan fingerprint density at radius 1 is 0.412 bits per heavy atom. The van der Waals surface area contributed by atoms with E-state index in [-0.39, 0.29) is 0 Å². The Balaban J connectivity index is 3.82. The summed E-state index contributed by atoms with van der Waals surface area (Å²) in [6.07, 6.45) is 0. The molecule has 0 unspecified atom stereocenters. The fourth-order valence-electron chi connectivity index (χ4n) is 2.07. The summed E-state index contributed by atoms with van der Waals surface area (Å²) in [5, 5.41) is 0. The highest BCUT2D eigenvalue weighted by atomic mass is 15.2. The summed E-state index contributed by atoms with van der Waals surface area (Å²) in [4.78, 5) is 7.57. The van der Waals surface area contributed by atoms with Crippen LogP contribution in [0, 0.1) is 0 Å². The molecular weight excluding hydrogens is 210 g/mol. The third kappa shape index (κ3) is 7.74. The van der Waals surface area contributed by atoms with Crippen molar-refractivity contribution in [2.24, 2.45) is 0 Å². The Hall–Kier alpha value is -0.120. The molecule has 0 aliphatic rings. The number of hydrogen-bond acceptors (Lipinski definition) is 3. The van der Waals surface area contributed by atoms with Crippen LogP contribution in [0.4, 0.5) is 0 Å². The molecule has 0 radical (unpaired) electrons. The van der Waals surface area contributed by atoms with E-state index in [0.717, 1.165) is 0 Å². The predicted octanol–water partition coefficient (Wildman–Crippen LogP) is 1.99. The molecule has 3 nitrogen and oxygen atoms in total. The van der Waals surface area contributed by atoms with Gasteiger partial charge in [-0.25, -0.2) is 0 Å². The first-order valence-electron chi connectivity index (χ1n) is 7.38. The van der Waals surface area contributed by atoms with E-state index >= 15 is 0 Å². The van der Waals surface area contributed by atoms with E-state index in [1.165, 1.54) is 58.9 Å². The van der Waals surface area contributed by atoms with E-state index in [1.807, 2.05) is 0 Å². The minimum atomic E-state index is 1.17. The fraction of sp³-hybridized carbons (Fsp3) is 1.00. The van der Waals surface area contributed by atoms with Gasteiger partial charge in [0, 0.05) is 26.2 Å². The van der Waals surface area contributed by atoms with Crippen molar-refractivity contribution >= 4 is 0 Å². The smallest absolute Gasteiger partial charge is 0.0110 e. The van der Waals surface area contributed by atoms with Crippen molar-refractivity contribution in [3.05, 3.63) is 0 Å². The number of likely N-dealkylation sites (N-methyl/N-ethyl adjacent to an activating group) is 3. The van der Waals surface area contributed by atoms with Crippen molar-refractivity contribution in [1.29, 1.82) is 0 Å². The Bertz CT molecular complexity index is 138. The number of hydrogen-bond donors (Lipinski definition) is 0. The quantitative estimate of drug-likeness (QED) is 0.549. The molecule has 0 fully saturated rings. The van der Waals surface area contributed by atoms with Gasteiger partial charge in [0.25, 0.3) is 0 Å². The summed E-state index contributed by atoms with van der Waals surface area (Å²) in [7, 11) is 0. The molecule has 17 heavy (non-hydrogen) atoms. The van der Waals surface area contributed by atoms with Gasteiger partial charge in [-0.15, -0.1) is 0 Å². The predicted molar refractivity (Wildman–Crippen MR) is 77.7 cm³/mol. The standard InChI is InChI=1S/C14H33N3/c1-6-15(7-2)11-13-17(10-5)14-12-16(8-3)9-4/h6-14H2,1-5H3. The summed E-state index contributed by atoms with van der Waals surface area (Å²) in [6.45, 7) is 21.9. The van der Waals surface area contributed by atoms with Crippen LogP contribution < -0.4 is 0 Å². The Morgan fingerprint density at radius 2 is 0.647 bits per heavy atom. The molecule has 0 aliphatic carbocycles. The Morgan fingerprint density at radius 3 is 0.882 bits per heavy atom. The molecule has 0 bridgehead atoms. The van der Waals surface area contributed by atoms with Gasteiger partial charge in [0.05, 0.1) is 0 Å². The van der Waals surface area contributed by atoms with E-state index in [4.69, 9.17) is 0 Å². The maximum Gasteiger partial charge on any atom is 0.0110 e. The van der Waals surface area contributed by atoms with Gasteiger partial charge in [-0.3, -0.25) is 0 Å². The van der Waals surface area contributed by atoms with Crippen molar-refractivity contribution in [3.63, 3.8) is 0 Å². The van der Waals surface area contributed by atoms with Gasteiger partial charge in [-0.05, 0) is 32.7 Å². The second-order valence-electron chi connectivity index (χ2n) is 4.49. The average molecular weight is 243 g/mol. The zero-order valence-electron chi connectivity index (χ0n) is 12.7. The van der Waals surface area contributed by atoms with E-state index in [1.54, 1.807) is 0 Å². The normalized spacial score (nSPS) is 12.0. The van der Waals surface area contributed by atoms with Gasteiger partial charge in [-0.2, -0.15) is 0 Å². The summed E-state index contributed by atoms with van der Waals surface area (Å²) in [5.41, 5.74) is 0. The minimum Gasteiger partial charge on any atom is -0.303 e. The summed E-state index contributed by atoms with van der Waals surface area (Å²) < 4.78 is 0. The SMILES string of the molecule is CCN(CC)CCN(CC)CCN(CC)CC. The first kappa shape index (κ1) is 16.9. The van der Waals surface area contributed by atoms with Crippen LogP contribution in [0.2, 0.25) is 0 Å². The molecule has 0 aromatic heterocycles. The van der Waals surface area contributed by atoms with E-state index < -0.39 is 0 Å². The summed E-state index contributed by atoms with van der Waals surface area (Å²) in [6, 6.07) is 0. The molecule has 0 spiro atoms. The number of rotatable bonds is 11. The van der Waals surface area contributed by atoms with Crippen molar-refractivity contribution in [3.8, 4) is 0 Å². The molecule has 0 N–H and O–H groups in total. The Kier molecular flexibility index (Phi) is 10.9. The Labute approximate surface area is 109 Å².